The Morgan fingerprint density at radius 1 is 1.07 bits per heavy atom. The van der Waals surface area contributed by atoms with E-state index < -0.39 is 11.7 Å². The minimum atomic E-state index is -4.37. The highest BCUT2D eigenvalue weighted by molar-refractivity contribution is 8.00. The molecule has 0 saturated carbocycles. The van der Waals surface area contributed by atoms with E-state index in [0.29, 0.717) is 4.90 Å². The summed E-state index contributed by atoms with van der Waals surface area (Å²) in [7, 11) is 0. The van der Waals surface area contributed by atoms with Crippen LogP contribution in [0, 0.1) is 0 Å². The number of nitrogens with zero attached hydrogens (tertiary/aromatic N) is 1. The molecule has 0 radical (unpaired) electrons. The van der Waals surface area contributed by atoms with Gasteiger partial charge in [0.05, 0.1) is 11.3 Å². The van der Waals surface area contributed by atoms with Crippen molar-refractivity contribution in [2.75, 3.05) is 18.8 Å². The highest BCUT2D eigenvalue weighted by Gasteiger charge is 2.30. The van der Waals surface area contributed by atoms with E-state index in [0.717, 1.165) is 56.4 Å². The van der Waals surface area contributed by atoms with Crippen LogP contribution in [0.1, 0.15) is 24.0 Å². The first-order valence-electron chi connectivity index (χ1n) is 9.26. The molecule has 2 aromatic carbocycles. The van der Waals surface area contributed by atoms with Crippen LogP contribution >= 0.6 is 11.8 Å². The van der Waals surface area contributed by atoms with Crippen molar-refractivity contribution in [3.8, 4) is 0 Å². The van der Waals surface area contributed by atoms with Crippen LogP contribution in [0.4, 0.5) is 13.2 Å². The van der Waals surface area contributed by atoms with Crippen molar-refractivity contribution in [3.63, 3.8) is 0 Å². The Morgan fingerprint density at radius 2 is 1.79 bits per heavy atom. The minimum Gasteiger partial charge on any atom is -0.353 e. The molecular formula is C21H23F3N2OS. The molecule has 3 rings (SSSR count). The predicted octanol–water partition coefficient (Wildman–Crippen LogP) is 4.58. The predicted molar refractivity (Wildman–Crippen MR) is 105 cm³/mol. The van der Waals surface area contributed by atoms with Crippen molar-refractivity contribution in [3.05, 3.63) is 65.7 Å². The fraction of sp³-hybridized carbons (Fsp3) is 0.381. The molecule has 0 atom stereocenters. The van der Waals surface area contributed by atoms with E-state index in [-0.39, 0.29) is 17.7 Å². The molecule has 150 valence electrons. The lowest BCUT2D eigenvalue weighted by molar-refractivity contribution is -0.137. The highest BCUT2D eigenvalue weighted by Crippen LogP contribution is 2.31. The van der Waals surface area contributed by atoms with E-state index in [1.165, 1.54) is 11.6 Å². The molecule has 1 fully saturated rings. The third-order valence-electron chi connectivity index (χ3n) is 4.73. The molecule has 3 nitrogen and oxygen atoms in total. The van der Waals surface area contributed by atoms with Gasteiger partial charge in [0.25, 0.3) is 0 Å². The zero-order chi connectivity index (χ0) is 20.0. The number of rotatable bonds is 6. The smallest absolute Gasteiger partial charge is 0.353 e. The molecule has 0 aromatic heterocycles. The fourth-order valence-electron chi connectivity index (χ4n) is 3.26. The molecule has 0 spiro atoms. The second-order valence-electron chi connectivity index (χ2n) is 6.92. The van der Waals surface area contributed by atoms with Crippen molar-refractivity contribution < 1.29 is 18.0 Å². The Labute approximate surface area is 167 Å². The summed E-state index contributed by atoms with van der Waals surface area (Å²) in [6.45, 7) is 2.74. The number of carbonyl (C=O) groups excluding carboxylic acids is 1. The minimum absolute atomic E-state index is 0.117. The van der Waals surface area contributed by atoms with Crippen LogP contribution in [0.25, 0.3) is 0 Å². The lowest BCUT2D eigenvalue weighted by Gasteiger charge is -2.32. The van der Waals surface area contributed by atoms with Crippen LogP contribution < -0.4 is 5.32 Å². The Hall–Kier alpha value is -1.99. The van der Waals surface area contributed by atoms with Crippen LogP contribution in [0.5, 0.6) is 0 Å². The molecule has 1 heterocycles. The molecule has 2 aromatic rings. The standard InChI is InChI=1S/C21H23F3N2OS/c22-21(23,24)17-7-4-8-19(13-17)28-15-20(27)25-18-9-11-26(12-10-18)14-16-5-2-1-3-6-16/h1-8,13,18H,9-12,14-15H2,(H,25,27). The summed E-state index contributed by atoms with van der Waals surface area (Å²) in [6.07, 6.45) is -2.61. The van der Waals surface area contributed by atoms with Crippen LogP contribution in [0.15, 0.2) is 59.5 Å². The normalized spacial score (nSPS) is 16.1. The van der Waals surface area contributed by atoms with Gasteiger partial charge in [-0.15, -0.1) is 11.8 Å². The first-order valence-corrected chi connectivity index (χ1v) is 10.2. The molecule has 1 saturated heterocycles. The zero-order valence-corrected chi connectivity index (χ0v) is 16.2. The van der Waals surface area contributed by atoms with Gasteiger partial charge in [0.15, 0.2) is 0 Å². The molecule has 0 bridgehead atoms. The number of likely N-dealkylation sites (tertiary alicyclic amines) is 1. The Bertz CT molecular complexity index is 775. The summed E-state index contributed by atoms with van der Waals surface area (Å²) in [5.41, 5.74) is 0.589. The number of carbonyl (C=O) groups is 1. The molecule has 0 unspecified atom stereocenters. The summed E-state index contributed by atoms with van der Waals surface area (Å²) >= 11 is 1.13. The van der Waals surface area contributed by atoms with Crippen molar-refractivity contribution in [2.45, 2.75) is 36.5 Å². The van der Waals surface area contributed by atoms with Crippen molar-refractivity contribution >= 4 is 17.7 Å². The lowest BCUT2D eigenvalue weighted by atomic mass is 10.0. The van der Waals surface area contributed by atoms with Gasteiger partial charge in [-0.2, -0.15) is 13.2 Å². The van der Waals surface area contributed by atoms with Crippen molar-refractivity contribution in [1.82, 2.24) is 10.2 Å². The van der Waals surface area contributed by atoms with Gasteiger partial charge in [-0.25, -0.2) is 0 Å². The second-order valence-corrected chi connectivity index (χ2v) is 7.97. The van der Waals surface area contributed by atoms with Gasteiger partial charge in [0.2, 0.25) is 5.91 Å². The molecule has 7 heteroatoms. The van der Waals surface area contributed by atoms with Gasteiger partial charge in [-0.1, -0.05) is 36.4 Å². The van der Waals surface area contributed by atoms with Gasteiger partial charge in [0.1, 0.15) is 0 Å². The lowest BCUT2D eigenvalue weighted by Crippen LogP contribution is -2.44. The Balaban J connectivity index is 1.40. The zero-order valence-electron chi connectivity index (χ0n) is 15.4. The number of halogens is 3. The summed E-state index contributed by atoms with van der Waals surface area (Å²) in [5.74, 6) is -0.0187. The Morgan fingerprint density at radius 3 is 2.46 bits per heavy atom. The molecule has 0 aliphatic carbocycles. The van der Waals surface area contributed by atoms with Gasteiger partial charge >= 0.3 is 6.18 Å². The van der Waals surface area contributed by atoms with Gasteiger partial charge < -0.3 is 5.32 Å². The number of thioether (sulfide) groups is 1. The third kappa shape index (κ3) is 6.27. The van der Waals surface area contributed by atoms with Crippen LogP contribution in [0.2, 0.25) is 0 Å². The summed E-state index contributed by atoms with van der Waals surface area (Å²) < 4.78 is 38.3. The van der Waals surface area contributed by atoms with E-state index in [1.807, 2.05) is 18.2 Å². The number of hydrogen-bond acceptors (Lipinski definition) is 3. The molecule has 1 aliphatic rings. The molecule has 28 heavy (non-hydrogen) atoms. The quantitative estimate of drug-likeness (QED) is 0.711. The maximum Gasteiger partial charge on any atom is 0.416 e. The largest absolute Gasteiger partial charge is 0.416 e. The number of hydrogen-bond donors (Lipinski definition) is 1. The molecule has 1 amide bonds. The highest BCUT2D eigenvalue weighted by atomic mass is 32.2. The topological polar surface area (TPSA) is 32.3 Å². The SMILES string of the molecule is O=C(CSc1cccc(C(F)(F)F)c1)NC1CCN(Cc2ccccc2)CC1. The van der Waals surface area contributed by atoms with E-state index >= 15 is 0 Å². The average molecular weight is 408 g/mol. The first-order chi connectivity index (χ1) is 13.4. The van der Waals surface area contributed by atoms with Crippen LogP contribution in [-0.2, 0) is 17.5 Å². The number of nitrogens with one attached hydrogen (secondary N) is 1. The number of piperidine rings is 1. The molecule has 1 N–H and O–H groups in total. The summed E-state index contributed by atoms with van der Waals surface area (Å²) in [5, 5.41) is 3.01. The van der Waals surface area contributed by atoms with Gasteiger partial charge in [0, 0.05) is 30.6 Å². The van der Waals surface area contributed by atoms with E-state index in [9.17, 15) is 18.0 Å². The number of amides is 1. The monoisotopic (exact) mass is 408 g/mol. The maximum absolute atomic E-state index is 12.8. The van der Waals surface area contributed by atoms with E-state index in [1.54, 1.807) is 6.07 Å². The van der Waals surface area contributed by atoms with Crippen LogP contribution in [0.3, 0.4) is 0 Å². The van der Waals surface area contributed by atoms with E-state index in [2.05, 4.69) is 22.3 Å². The summed E-state index contributed by atoms with van der Waals surface area (Å²) in [4.78, 5) is 15.0. The van der Waals surface area contributed by atoms with Crippen LogP contribution in [-0.4, -0.2) is 35.7 Å². The van der Waals surface area contributed by atoms with Crippen molar-refractivity contribution in [2.24, 2.45) is 0 Å². The summed E-state index contributed by atoms with van der Waals surface area (Å²) in [6, 6.07) is 15.5. The number of benzene rings is 2. The molecular weight excluding hydrogens is 385 g/mol. The Kier molecular flexibility index (Phi) is 7.02. The second kappa shape index (κ2) is 9.47. The van der Waals surface area contributed by atoms with Crippen molar-refractivity contribution in [1.29, 1.82) is 0 Å². The number of alkyl halides is 3. The van der Waals surface area contributed by atoms with Gasteiger partial charge in [-0.3, -0.25) is 9.69 Å². The van der Waals surface area contributed by atoms with Gasteiger partial charge in [-0.05, 0) is 36.6 Å². The first kappa shape index (κ1) is 20.7. The molecule has 1 aliphatic heterocycles. The fourth-order valence-corrected chi connectivity index (χ4v) is 4.02. The third-order valence-corrected chi connectivity index (χ3v) is 5.73. The average Bonchev–Trinajstić information content (AvgIpc) is 2.68. The van der Waals surface area contributed by atoms with E-state index in [4.69, 9.17) is 0 Å². The maximum atomic E-state index is 12.8.